The maximum absolute atomic E-state index is 5.81. The van der Waals surface area contributed by atoms with E-state index in [9.17, 15) is 0 Å². The van der Waals surface area contributed by atoms with Gasteiger partial charge in [-0.05, 0) is 49.1 Å². The smallest absolute Gasteiger partial charge is 0.119 e. The second-order valence-corrected chi connectivity index (χ2v) is 5.97. The molecule has 3 nitrogen and oxygen atoms in total. The van der Waals surface area contributed by atoms with Gasteiger partial charge < -0.3 is 10.5 Å². The maximum atomic E-state index is 5.81. The molecule has 1 saturated heterocycles. The fourth-order valence-corrected chi connectivity index (χ4v) is 2.69. The number of likely N-dealkylation sites (tertiary alicyclic amines) is 1. The molecule has 0 amide bonds. The Balaban J connectivity index is 1.71. The van der Waals surface area contributed by atoms with Crippen molar-refractivity contribution in [1.29, 1.82) is 0 Å². The van der Waals surface area contributed by atoms with E-state index in [-0.39, 0.29) is 0 Å². The van der Waals surface area contributed by atoms with Gasteiger partial charge in [0, 0.05) is 18.7 Å². The van der Waals surface area contributed by atoms with E-state index in [1.807, 2.05) is 24.3 Å². The zero-order chi connectivity index (χ0) is 15.1. The molecule has 1 atom stereocenters. The molecule has 1 fully saturated rings. The summed E-state index contributed by atoms with van der Waals surface area (Å²) in [6.45, 7) is 9.22. The normalized spacial score (nSPS) is 18.6. The van der Waals surface area contributed by atoms with E-state index in [1.54, 1.807) is 0 Å². The molecule has 1 aliphatic rings. The molecule has 2 rings (SSSR count). The first-order chi connectivity index (χ1) is 10.2. The van der Waals surface area contributed by atoms with Crippen LogP contribution in [0.1, 0.15) is 25.8 Å². The van der Waals surface area contributed by atoms with Gasteiger partial charge in [0.1, 0.15) is 12.4 Å². The van der Waals surface area contributed by atoms with Crippen LogP contribution in [0.2, 0.25) is 0 Å². The minimum Gasteiger partial charge on any atom is -0.492 e. The minimum atomic E-state index is 0.394. The molecular formula is C18H26N2O. The van der Waals surface area contributed by atoms with Gasteiger partial charge in [-0.3, -0.25) is 4.90 Å². The Morgan fingerprint density at radius 3 is 2.71 bits per heavy atom. The van der Waals surface area contributed by atoms with Crippen LogP contribution >= 0.6 is 0 Å². The van der Waals surface area contributed by atoms with Gasteiger partial charge in [-0.1, -0.05) is 25.7 Å². The number of benzene rings is 1. The van der Waals surface area contributed by atoms with Crippen molar-refractivity contribution >= 4 is 0 Å². The third-order valence-electron chi connectivity index (χ3n) is 4.12. The molecule has 0 bridgehead atoms. The molecule has 0 saturated carbocycles. The van der Waals surface area contributed by atoms with Crippen molar-refractivity contribution in [1.82, 2.24) is 4.90 Å². The topological polar surface area (TPSA) is 38.5 Å². The van der Waals surface area contributed by atoms with Crippen LogP contribution in [0.3, 0.4) is 0 Å². The lowest BCUT2D eigenvalue weighted by atomic mass is 9.95. The SMILES string of the molecule is CC(C)C1CCN(CCOc2ccc(C#CCN)cc2)C1. The molecule has 114 valence electrons. The van der Waals surface area contributed by atoms with E-state index >= 15 is 0 Å². The Kier molecular flexibility index (Phi) is 6.10. The van der Waals surface area contributed by atoms with E-state index < -0.39 is 0 Å². The average molecular weight is 286 g/mol. The first kappa shape index (κ1) is 15.9. The van der Waals surface area contributed by atoms with Crippen molar-refractivity contribution in [2.24, 2.45) is 17.6 Å². The zero-order valence-corrected chi connectivity index (χ0v) is 13.1. The van der Waals surface area contributed by atoms with E-state index in [4.69, 9.17) is 10.5 Å². The van der Waals surface area contributed by atoms with Crippen LogP contribution in [0.5, 0.6) is 5.75 Å². The highest BCUT2D eigenvalue weighted by molar-refractivity contribution is 5.38. The molecule has 21 heavy (non-hydrogen) atoms. The predicted molar refractivity (Wildman–Crippen MR) is 87.3 cm³/mol. The van der Waals surface area contributed by atoms with E-state index in [2.05, 4.69) is 30.6 Å². The predicted octanol–water partition coefficient (Wildman–Crippen LogP) is 2.35. The number of hydrogen-bond donors (Lipinski definition) is 1. The lowest BCUT2D eigenvalue weighted by Gasteiger charge is -2.18. The number of nitrogens with zero attached hydrogens (tertiary/aromatic N) is 1. The van der Waals surface area contributed by atoms with Crippen LogP contribution < -0.4 is 10.5 Å². The van der Waals surface area contributed by atoms with Crippen LogP contribution in [0.4, 0.5) is 0 Å². The van der Waals surface area contributed by atoms with Crippen molar-refractivity contribution in [2.45, 2.75) is 20.3 Å². The summed E-state index contributed by atoms with van der Waals surface area (Å²) in [5.74, 6) is 8.41. The second-order valence-electron chi connectivity index (χ2n) is 5.97. The number of rotatable bonds is 5. The monoisotopic (exact) mass is 286 g/mol. The first-order valence-electron chi connectivity index (χ1n) is 7.83. The standard InChI is InChI=1S/C18H26N2O/c1-15(2)17-9-11-20(14-17)12-13-21-18-7-5-16(6-8-18)4-3-10-19/h5-8,15,17H,9-14,19H2,1-2H3. The van der Waals surface area contributed by atoms with Crippen LogP contribution in [0.15, 0.2) is 24.3 Å². The van der Waals surface area contributed by atoms with Gasteiger partial charge in [0.05, 0.1) is 6.54 Å². The van der Waals surface area contributed by atoms with Gasteiger partial charge >= 0.3 is 0 Å². The maximum Gasteiger partial charge on any atom is 0.119 e. The molecule has 1 aliphatic heterocycles. The third-order valence-corrected chi connectivity index (χ3v) is 4.12. The number of nitrogens with two attached hydrogens (primary N) is 1. The lowest BCUT2D eigenvalue weighted by molar-refractivity contribution is 0.227. The van der Waals surface area contributed by atoms with Gasteiger partial charge in [-0.15, -0.1) is 0 Å². The van der Waals surface area contributed by atoms with Crippen molar-refractivity contribution in [3.63, 3.8) is 0 Å². The molecule has 3 heteroatoms. The van der Waals surface area contributed by atoms with Gasteiger partial charge in [-0.2, -0.15) is 0 Å². The van der Waals surface area contributed by atoms with Crippen molar-refractivity contribution < 1.29 is 4.74 Å². The van der Waals surface area contributed by atoms with Crippen LogP contribution in [-0.4, -0.2) is 37.7 Å². The summed E-state index contributed by atoms with van der Waals surface area (Å²) in [4.78, 5) is 2.51. The lowest BCUT2D eigenvalue weighted by Crippen LogP contribution is -2.27. The molecule has 1 aromatic carbocycles. The van der Waals surface area contributed by atoms with E-state index in [0.717, 1.165) is 36.3 Å². The first-order valence-corrected chi connectivity index (χ1v) is 7.83. The van der Waals surface area contributed by atoms with Crippen molar-refractivity contribution in [2.75, 3.05) is 32.8 Å². The molecule has 2 N–H and O–H groups in total. The molecule has 0 aromatic heterocycles. The molecule has 1 aromatic rings. The van der Waals surface area contributed by atoms with Crippen LogP contribution in [0.25, 0.3) is 0 Å². The van der Waals surface area contributed by atoms with E-state index in [0.29, 0.717) is 6.54 Å². The highest BCUT2D eigenvalue weighted by atomic mass is 16.5. The highest BCUT2D eigenvalue weighted by Gasteiger charge is 2.24. The summed E-state index contributed by atoms with van der Waals surface area (Å²) >= 11 is 0. The zero-order valence-electron chi connectivity index (χ0n) is 13.1. The summed E-state index contributed by atoms with van der Waals surface area (Å²) in [5, 5.41) is 0. The Hall–Kier alpha value is -1.50. The van der Waals surface area contributed by atoms with Gasteiger partial charge in [-0.25, -0.2) is 0 Å². The van der Waals surface area contributed by atoms with Crippen molar-refractivity contribution in [3.8, 4) is 17.6 Å². The summed E-state index contributed by atoms with van der Waals surface area (Å²) in [6, 6.07) is 7.90. The average Bonchev–Trinajstić information content (AvgIpc) is 2.95. The largest absolute Gasteiger partial charge is 0.492 e. The van der Waals surface area contributed by atoms with Gasteiger partial charge in [0.15, 0.2) is 0 Å². The summed E-state index contributed by atoms with van der Waals surface area (Å²) in [6.07, 6.45) is 1.33. The molecule has 0 spiro atoms. The fraction of sp³-hybridized carbons (Fsp3) is 0.556. The molecule has 1 heterocycles. The quantitative estimate of drug-likeness (QED) is 0.845. The summed E-state index contributed by atoms with van der Waals surface area (Å²) in [5.41, 5.74) is 6.34. The Morgan fingerprint density at radius 1 is 1.33 bits per heavy atom. The third kappa shape index (κ3) is 5.08. The fourth-order valence-electron chi connectivity index (χ4n) is 2.69. The van der Waals surface area contributed by atoms with Crippen molar-refractivity contribution in [3.05, 3.63) is 29.8 Å². The van der Waals surface area contributed by atoms with Crippen LogP contribution in [-0.2, 0) is 0 Å². The summed E-state index contributed by atoms with van der Waals surface area (Å²) < 4.78 is 5.81. The summed E-state index contributed by atoms with van der Waals surface area (Å²) in [7, 11) is 0. The molecule has 0 radical (unpaired) electrons. The van der Waals surface area contributed by atoms with Crippen LogP contribution in [0, 0.1) is 23.7 Å². The molecular weight excluding hydrogens is 260 g/mol. The van der Waals surface area contributed by atoms with Gasteiger partial charge in [0.2, 0.25) is 0 Å². The Morgan fingerprint density at radius 2 is 2.10 bits per heavy atom. The number of hydrogen-bond acceptors (Lipinski definition) is 3. The highest BCUT2D eigenvalue weighted by Crippen LogP contribution is 2.23. The number of ether oxygens (including phenoxy) is 1. The van der Waals surface area contributed by atoms with E-state index in [1.165, 1.54) is 19.5 Å². The molecule has 0 aliphatic carbocycles. The Labute approximate surface area is 128 Å². The van der Waals surface area contributed by atoms with Gasteiger partial charge in [0.25, 0.3) is 0 Å². The second kappa shape index (κ2) is 8.07. The Bertz CT molecular complexity index is 484. The minimum absolute atomic E-state index is 0.394. The molecule has 1 unspecified atom stereocenters.